The largest absolute Gasteiger partial charge is 0.384 e. The molecule has 2 aromatic heterocycles. The minimum absolute atomic E-state index is 0.547. The number of nitrogens with one attached hydrogen (secondary N) is 1. The Bertz CT molecular complexity index is 702. The Morgan fingerprint density at radius 3 is 2.63 bits per heavy atom. The molecule has 0 bridgehead atoms. The lowest BCUT2D eigenvalue weighted by Crippen LogP contribution is -1.94. The van der Waals surface area contributed by atoms with Crippen LogP contribution in [0.1, 0.15) is 5.69 Å². The Kier molecular flexibility index (Phi) is 2.76. The fourth-order valence-electron chi connectivity index (χ4n) is 2.16. The predicted octanol–water partition coefficient (Wildman–Crippen LogP) is 3.03. The van der Waals surface area contributed by atoms with Gasteiger partial charge in [0.2, 0.25) is 0 Å². The van der Waals surface area contributed by atoms with E-state index in [0.29, 0.717) is 5.82 Å². The van der Waals surface area contributed by atoms with Gasteiger partial charge in [0, 0.05) is 23.0 Å². The van der Waals surface area contributed by atoms with Crippen LogP contribution in [0.3, 0.4) is 0 Å². The number of nitrogen functional groups attached to an aromatic ring is 1. The number of nitrogens with two attached hydrogens (primary N) is 1. The second-order valence-corrected chi connectivity index (χ2v) is 4.42. The number of aromatic amines is 1. The Balaban J connectivity index is 2.08. The lowest BCUT2D eigenvalue weighted by Gasteiger charge is -2.07. The van der Waals surface area contributed by atoms with Crippen LogP contribution in [0.2, 0.25) is 0 Å². The van der Waals surface area contributed by atoms with Crippen molar-refractivity contribution in [3.63, 3.8) is 0 Å². The Labute approximate surface area is 111 Å². The Morgan fingerprint density at radius 2 is 1.89 bits per heavy atom. The minimum atomic E-state index is 0.547. The highest BCUT2D eigenvalue weighted by Crippen LogP contribution is 2.27. The summed E-state index contributed by atoms with van der Waals surface area (Å²) >= 11 is 0. The van der Waals surface area contributed by atoms with Gasteiger partial charge in [-0.1, -0.05) is 18.2 Å². The molecule has 0 saturated carbocycles. The van der Waals surface area contributed by atoms with Gasteiger partial charge < -0.3 is 5.73 Å². The lowest BCUT2D eigenvalue weighted by molar-refractivity contribution is 1.10. The van der Waals surface area contributed by atoms with Crippen molar-refractivity contribution < 1.29 is 0 Å². The average Bonchev–Trinajstić information content (AvgIpc) is 2.93. The number of rotatable bonds is 2. The van der Waals surface area contributed by atoms with Gasteiger partial charge >= 0.3 is 0 Å². The highest BCUT2D eigenvalue weighted by Gasteiger charge is 2.06. The number of H-pyrrole nitrogens is 1. The molecule has 0 unspecified atom stereocenters. The van der Waals surface area contributed by atoms with E-state index in [-0.39, 0.29) is 0 Å². The summed E-state index contributed by atoms with van der Waals surface area (Å²) in [6, 6.07) is 14.0. The topological polar surface area (TPSA) is 67.6 Å². The first-order valence-corrected chi connectivity index (χ1v) is 6.07. The maximum Gasteiger partial charge on any atom is 0.123 e. The zero-order chi connectivity index (χ0) is 13.2. The quantitative estimate of drug-likeness (QED) is 0.734. The van der Waals surface area contributed by atoms with Crippen LogP contribution < -0.4 is 5.73 Å². The number of anilines is 1. The molecule has 0 saturated heterocycles. The van der Waals surface area contributed by atoms with E-state index in [1.54, 1.807) is 6.20 Å². The summed E-state index contributed by atoms with van der Waals surface area (Å²) in [5, 5.41) is 6.95. The minimum Gasteiger partial charge on any atom is -0.384 e. The van der Waals surface area contributed by atoms with Crippen LogP contribution in [0.5, 0.6) is 0 Å². The van der Waals surface area contributed by atoms with Crippen molar-refractivity contribution in [2.45, 2.75) is 6.92 Å². The van der Waals surface area contributed by atoms with Crippen molar-refractivity contribution >= 4 is 5.82 Å². The van der Waals surface area contributed by atoms with E-state index in [1.165, 1.54) is 0 Å². The molecular formula is C15H14N4. The average molecular weight is 250 g/mol. The summed E-state index contributed by atoms with van der Waals surface area (Å²) in [6.07, 6.45) is 1.75. The fraction of sp³-hybridized carbons (Fsp3) is 0.0667. The summed E-state index contributed by atoms with van der Waals surface area (Å²) in [5.41, 5.74) is 10.9. The molecule has 0 spiro atoms. The molecular weight excluding hydrogens is 236 g/mol. The molecule has 0 aliphatic rings. The number of aromatic nitrogens is 3. The van der Waals surface area contributed by atoms with E-state index in [9.17, 15) is 0 Å². The molecule has 0 aliphatic heterocycles. The summed E-state index contributed by atoms with van der Waals surface area (Å²) < 4.78 is 0. The third-order valence-electron chi connectivity index (χ3n) is 3.09. The monoisotopic (exact) mass is 250 g/mol. The number of hydrogen-bond acceptors (Lipinski definition) is 3. The number of aryl methyl sites for hydroxylation is 1. The second kappa shape index (κ2) is 4.57. The molecule has 3 aromatic rings. The number of hydrogen-bond donors (Lipinski definition) is 2. The van der Waals surface area contributed by atoms with Crippen LogP contribution in [0.15, 0.2) is 48.7 Å². The Hall–Kier alpha value is -2.62. The maximum atomic E-state index is 5.69. The van der Waals surface area contributed by atoms with Crippen LogP contribution in [0, 0.1) is 6.92 Å². The molecule has 3 N–H and O–H groups in total. The SMILES string of the molecule is Cc1nc(N)ccc1-c1cccc(-c2ccn[nH]2)c1. The van der Waals surface area contributed by atoms with Crippen LogP contribution in [-0.2, 0) is 0 Å². The van der Waals surface area contributed by atoms with E-state index in [2.05, 4.69) is 33.4 Å². The molecule has 1 aromatic carbocycles. The molecule has 0 radical (unpaired) electrons. The third kappa shape index (κ3) is 2.20. The zero-order valence-corrected chi connectivity index (χ0v) is 10.6. The van der Waals surface area contributed by atoms with Gasteiger partial charge in [-0.3, -0.25) is 5.10 Å². The molecule has 94 valence electrons. The molecule has 4 nitrogen and oxygen atoms in total. The highest BCUT2D eigenvalue weighted by atomic mass is 15.1. The standard InChI is InChI=1S/C15H14N4/c1-10-13(5-6-15(16)18-10)11-3-2-4-12(9-11)14-7-8-17-19-14/h2-9H,1H3,(H2,16,18)(H,17,19). The van der Waals surface area contributed by atoms with E-state index >= 15 is 0 Å². The van der Waals surface area contributed by atoms with Crippen LogP contribution >= 0.6 is 0 Å². The van der Waals surface area contributed by atoms with Crippen molar-refractivity contribution in [2.75, 3.05) is 5.73 Å². The maximum absolute atomic E-state index is 5.69. The first-order valence-electron chi connectivity index (χ1n) is 6.07. The first-order chi connectivity index (χ1) is 9.24. The normalized spacial score (nSPS) is 10.6. The number of benzene rings is 1. The van der Waals surface area contributed by atoms with Crippen molar-refractivity contribution in [3.05, 3.63) is 54.4 Å². The number of nitrogens with zero attached hydrogens (tertiary/aromatic N) is 2. The molecule has 4 heteroatoms. The van der Waals surface area contributed by atoms with Crippen molar-refractivity contribution in [2.24, 2.45) is 0 Å². The van der Waals surface area contributed by atoms with E-state index in [0.717, 1.165) is 28.1 Å². The van der Waals surface area contributed by atoms with Gasteiger partial charge in [0.05, 0.1) is 5.69 Å². The highest BCUT2D eigenvalue weighted by molar-refractivity contribution is 5.73. The van der Waals surface area contributed by atoms with Gasteiger partial charge in [-0.15, -0.1) is 0 Å². The first kappa shape index (κ1) is 11.5. The third-order valence-corrected chi connectivity index (χ3v) is 3.09. The molecule has 0 fully saturated rings. The summed E-state index contributed by atoms with van der Waals surface area (Å²) in [4.78, 5) is 4.30. The number of pyridine rings is 1. The summed E-state index contributed by atoms with van der Waals surface area (Å²) in [5.74, 6) is 0.547. The zero-order valence-electron chi connectivity index (χ0n) is 10.6. The molecule has 3 rings (SSSR count). The van der Waals surface area contributed by atoms with Gasteiger partial charge in [-0.2, -0.15) is 5.10 Å². The van der Waals surface area contributed by atoms with Crippen LogP contribution in [-0.4, -0.2) is 15.2 Å². The molecule has 0 amide bonds. The van der Waals surface area contributed by atoms with E-state index in [4.69, 9.17) is 5.73 Å². The van der Waals surface area contributed by atoms with Crippen LogP contribution in [0.4, 0.5) is 5.82 Å². The van der Waals surface area contributed by atoms with Crippen molar-refractivity contribution in [1.29, 1.82) is 0 Å². The van der Waals surface area contributed by atoms with Gasteiger partial charge in [0.25, 0.3) is 0 Å². The lowest BCUT2D eigenvalue weighted by atomic mass is 10.0. The Morgan fingerprint density at radius 1 is 1.05 bits per heavy atom. The van der Waals surface area contributed by atoms with Crippen molar-refractivity contribution in [3.8, 4) is 22.4 Å². The van der Waals surface area contributed by atoms with Gasteiger partial charge in [0.15, 0.2) is 0 Å². The molecule has 19 heavy (non-hydrogen) atoms. The van der Waals surface area contributed by atoms with Crippen molar-refractivity contribution in [1.82, 2.24) is 15.2 Å². The van der Waals surface area contributed by atoms with Crippen LogP contribution in [0.25, 0.3) is 22.4 Å². The fourth-order valence-corrected chi connectivity index (χ4v) is 2.16. The molecule has 2 heterocycles. The predicted molar refractivity (Wildman–Crippen MR) is 76.4 cm³/mol. The van der Waals surface area contributed by atoms with E-state index in [1.807, 2.05) is 31.2 Å². The van der Waals surface area contributed by atoms with Gasteiger partial charge in [0.1, 0.15) is 5.82 Å². The smallest absolute Gasteiger partial charge is 0.123 e. The van der Waals surface area contributed by atoms with E-state index < -0.39 is 0 Å². The molecule has 0 aliphatic carbocycles. The molecule has 0 atom stereocenters. The summed E-state index contributed by atoms with van der Waals surface area (Å²) in [7, 11) is 0. The van der Waals surface area contributed by atoms with Gasteiger partial charge in [-0.25, -0.2) is 4.98 Å². The summed E-state index contributed by atoms with van der Waals surface area (Å²) in [6.45, 7) is 1.97. The van der Waals surface area contributed by atoms with Gasteiger partial charge in [-0.05, 0) is 36.8 Å². The second-order valence-electron chi connectivity index (χ2n) is 4.42.